The summed E-state index contributed by atoms with van der Waals surface area (Å²) in [7, 11) is 0. The molecule has 1 saturated heterocycles. The van der Waals surface area contributed by atoms with Gasteiger partial charge in [0.05, 0.1) is 15.2 Å². The van der Waals surface area contributed by atoms with E-state index in [4.69, 9.17) is 9.72 Å². The van der Waals surface area contributed by atoms with Crippen LogP contribution < -0.4 is 0 Å². The number of benzene rings is 2. The first-order valence-corrected chi connectivity index (χ1v) is 10.9. The molecule has 0 saturated carbocycles. The molecule has 3 aromatic rings. The summed E-state index contributed by atoms with van der Waals surface area (Å²) in [5.74, 6) is -0.432. The van der Waals surface area contributed by atoms with Crippen LogP contribution >= 0.6 is 11.3 Å². The highest BCUT2D eigenvalue weighted by Crippen LogP contribution is 2.32. The number of aromatic nitrogens is 1. The molecule has 0 spiro atoms. The Bertz CT molecular complexity index is 1040. The highest BCUT2D eigenvalue weighted by Gasteiger charge is 2.27. The second-order valence-electron chi connectivity index (χ2n) is 7.55. The monoisotopic (exact) mass is 420 g/mol. The molecule has 4 rings (SSSR count). The van der Waals surface area contributed by atoms with Crippen LogP contribution in [0.5, 0.6) is 0 Å². The van der Waals surface area contributed by atoms with Gasteiger partial charge in [-0.25, -0.2) is 9.78 Å². The van der Waals surface area contributed by atoms with Crippen LogP contribution in [-0.4, -0.2) is 41.5 Å². The van der Waals surface area contributed by atoms with Gasteiger partial charge in [0.1, 0.15) is 0 Å². The molecule has 0 N–H and O–H groups in total. The van der Waals surface area contributed by atoms with Gasteiger partial charge in [-0.2, -0.15) is 0 Å². The molecule has 1 amide bonds. The summed E-state index contributed by atoms with van der Waals surface area (Å²) >= 11 is 1.70. The second-order valence-corrected chi connectivity index (χ2v) is 8.61. The Labute approximate surface area is 180 Å². The first-order chi connectivity index (χ1) is 14.6. The lowest BCUT2D eigenvalue weighted by atomic mass is 9.99. The summed E-state index contributed by atoms with van der Waals surface area (Å²) in [6.45, 7) is 3.09. The van der Waals surface area contributed by atoms with Gasteiger partial charge in [-0.1, -0.05) is 42.0 Å². The van der Waals surface area contributed by atoms with Crippen molar-refractivity contribution in [1.82, 2.24) is 9.88 Å². The Balaban J connectivity index is 1.30. The van der Waals surface area contributed by atoms with Crippen molar-refractivity contribution in [1.29, 1.82) is 0 Å². The number of carbonyl (C=O) groups excluding carboxylic acids is 2. The number of hydrogen-bond acceptors (Lipinski definition) is 5. The van der Waals surface area contributed by atoms with Gasteiger partial charge < -0.3 is 9.64 Å². The number of amides is 1. The van der Waals surface area contributed by atoms with E-state index in [9.17, 15) is 9.59 Å². The summed E-state index contributed by atoms with van der Waals surface area (Å²) in [6.07, 6.45) is 4.99. The molecule has 5 nitrogen and oxygen atoms in total. The summed E-state index contributed by atoms with van der Waals surface area (Å²) < 4.78 is 6.33. The van der Waals surface area contributed by atoms with Crippen molar-refractivity contribution in [3.05, 3.63) is 70.7 Å². The fraction of sp³-hybridized carbons (Fsp3) is 0.292. The molecule has 2 heterocycles. The topological polar surface area (TPSA) is 59.5 Å². The number of piperidine rings is 1. The van der Waals surface area contributed by atoms with Crippen LogP contribution in [0.3, 0.4) is 0 Å². The van der Waals surface area contributed by atoms with Gasteiger partial charge >= 0.3 is 5.97 Å². The lowest BCUT2D eigenvalue weighted by molar-refractivity contribution is -0.148. The van der Waals surface area contributed by atoms with E-state index in [1.165, 1.54) is 10.8 Å². The van der Waals surface area contributed by atoms with Gasteiger partial charge in [-0.05, 0) is 43.5 Å². The zero-order valence-corrected chi connectivity index (χ0v) is 17.7. The van der Waals surface area contributed by atoms with Crippen molar-refractivity contribution in [2.24, 2.45) is 0 Å². The van der Waals surface area contributed by atoms with Crippen molar-refractivity contribution in [3.8, 4) is 0 Å². The van der Waals surface area contributed by atoms with Crippen LogP contribution in [0.4, 0.5) is 0 Å². The maximum atomic E-state index is 12.6. The van der Waals surface area contributed by atoms with E-state index >= 15 is 0 Å². The molecule has 2 aromatic carbocycles. The molecule has 0 unspecified atom stereocenters. The van der Waals surface area contributed by atoms with Crippen molar-refractivity contribution in [2.75, 3.05) is 19.7 Å². The minimum atomic E-state index is -0.511. The van der Waals surface area contributed by atoms with Crippen LogP contribution in [0.2, 0.25) is 0 Å². The molecule has 154 valence electrons. The Kier molecular flexibility index (Phi) is 6.23. The van der Waals surface area contributed by atoms with Crippen molar-refractivity contribution < 1.29 is 14.3 Å². The lowest BCUT2D eigenvalue weighted by Crippen LogP contribution is -2.41. The average molecular weight is 421 g/mol. The van der Waals surface area contributed by atoms with E-state index in [0.29, 0.717) is 13.1 Å². The third-order valence-corrected chi connectivity index (χ3v) is 6.46. The van der Waals surface area contributed by atoms with Gasteiger partial charge in [-0.3, -0.25) is 4.79 Å². The highest BCUT2D eigenvalue weighted by atomic mass is 32.1. The van der Waals surface area contributed by atoms with Gasteiger partial charge in [0.15, 0.2) is 6.61 Å². The first kappa shape index (κ1) is 20.3. The molecular weight excluding hydrogens is 396 g/mol. The first-order valence-electron chi connectivity index (χ1n) is 10.1. The largest absolute Gasteiger partial charge is 0.452 e. The number of rotatable bonds is 5. The van der Waals surface area contributed by atoms with E-state index in [2.05, 4.69) is 6.07 Å². The third-order valence-electron chi connectivity index (χ3n) is 5.26. The van der Waals surface area contributed by atoms with Crippen LogP contribution in [0.15, 0.2) is 54.6 Å². The number of para-hydroxylation sites is 1. The minimum Gasteiger partial charge on any atom is -0.452 e. The lowest BCUT2D eigenvalue weighted by Gasteiger charge is -2.31. The van der Waals surface area contributed by atoms with Crippen LogP contribution in [-0.2, 0) is 14.3 Å². The molecule has 30 heavy (non-hydrogen) atoms. The second kappa shape index (κ2) is 9.22. The molecule has 1 aliphatic rings. The fourth-order valence-electron chi connectivity index (χ4n) is 3.58. The maximum absolute atomic E-state index is 12.6. The molecule has 0 radical (unpaired) electrons. The van der Waals surface area contributed by atoms with E-state index in [1.54, 1.807) is 22.3 Å². The number of carbonyl (C=O) groups is 2. The van der Waals surface area contributed by atoms with E-state index in [-0.39, 0.29) is 18.4 Å². The molecule has 0 bridgehead atoms. The molecular formula is C24H24N2O3S. The zero-order chi connectivity index (χ0) is 20.9. The predicted molar refractivity (Wildman–Crippen MR) is 119 cm³/mol. The van der Waals surface area contributed by atoms with E-state index in [1.807, 2.05) is 49.4 Å². The molecule has 0 aliphatic carbocycles. The number of thiazole rings is 1. The fourth-order valence-corrected chi connectivity index (χ4v) is 4.68. The summed E-state index contributed by atoms with van der Waals surface area (Å²) in [5.41, 5.74) is 3.08. The van der Waals surface area contributed by atoms with Gasteiger partial charge in [0.25, 0.3) is 5.91 Å². The van der Waals surface area contributed by atoms with E-state index in [0.717, 1.165) is 34.5 Å². The Morgan fingerprint density at radius 1 is 1.20 bits per heavy atom. The minimum absolute atomic E-state index is 0.155. The number of likely N-dealkylation sites (tertiary alicyclic amines) is 1. The van der Waals surface area contributed by atoms with E-state index < -0.39 is 5.97 Å². The number of hydrogen-bond donors (Lipinski definition) is 0. The average Bonchev–Trinajstić information content (AvgIpc) is 3.21. The maximum Gasteiger partial charge on any atom is 0.331 e. The third kappa shape index (κ3) is 4.94. The Morgan fingerprint density at radius 2 is 2.00 bits per heavy atom. The standard InChI is InChI=1S/C24H24N2O3S/c1-17-8-10-18(11-9-17)12-13-23(28)29-16-22(27)26-14-4-5-19(15-26)24-25-20-6-2-3-7-21(20)30-24/h2-3,6-13,19H,4-5,14-16H2,1H3/b13-12+/t19-/m0/s1. The predicted octanol–water partition coefficient (Wildman–Crippen LogP) is 4.57. The number of fused-ring (bicyclic) bond motifs is 1. The Morgan fingerprint density at radius 3 is 2.80 bits per heavy atom. The summed E-state index contributed by atoms with van der Waals surface area (Å²) in [4.78, 5) is 31.1. The van der Waals surface area contributed by atoms with Crippen molar-refractivity contribution in [2.45, 2.75) is 25.7 Å². The molecule has 6 heteroatoms. The Hall–Kier alpha value is -2.99. The summed E-state index contributed by atoms with van der Waals surface area (Å²) in [5, 5.41) is 1.08. The highest BCUT2D eigenvalue weighted by molar-refractivity contribution is 7.18. The number of nitrogens with zero attached hydrogens (tertiary/aromatic N) is 2. The van der Waals surface area contributed by atoms with Gasteiger partial charge in [0.2, 0.25) is 0 Å². The molecule has 1 fully saturated rings. The quantitative estimate of drug-likeness (QED) is 0.448. The van der Waals surface area contributed by atoms with Crippen LogP contribution in [0.25, 0.3) is 16.3 Å². The van der Waals surface area contributed by atoms with Crippen molar-refractivity contribution >= 4 is 39.5 Å². The molecule has 1 aromatic heterocycles. The van der Waals surface area contributed by atoms with Gasteiger partial charge in [0, 0.05) is 25.1 Å². The smallest absolute Gasteiger partial charge is 0.331 e. The van der Waals surface area contributed by atoms with Crippen LogP contribution in [0, 0.1) is 6.92 Å². The number of ether oxygens (including phenoxy) is 1. The van der Waals surface area contributed by atoms with Crippen molar-refractivity contribution in [3.63, 3.8) is 0 Å². The SMILES string of the molecule is Cc1ccc(/C=C/C(=O)OCC(=O)N2CCC[C@H](c3nc4ccccc4s3)C2)cc1. The van der Waals surface area contributed by atoms with Crippen LogP contribution in [0.1, 0.15) is 34.9 Å². The number of aryl methyl sites for hydroxylation is 1. The number of esters is 1. The molecule has 1 atom stereocenters. The molecule has 1 aliphatic heterocycles. The summed E-state index contributed by atoms with van der Waals surface area (Å²) in [6, 6.07) is 15.9. The zero-order valence-electron chi connectivity index (χ0n) is 16.9. The normalized spacial score (nSPS) is 16.8. The van der Waals surface area contributed by atoms with Gasteiger partial charge in [-0.15, -0.1) is 11.3 Å².